The van der Waals surface area contributed by atoms with E-state index in [1.165, 1.54) is 28.6 Å². The van der Waals surface area contributed by atoms with Crippen LogP contribution >= 0.6 is 0 Å². The van der Waals surface area contributed by atoms with Crippen molar-refractivity contribution in [2.75, 3.05) is 22.4 Å². The van der Waals surface area contributed by atoms with Gasteiger partial charge >= 0.3 is 0 Å². The Morgan fingerprint density at radius 1 is 1.08 bits per heavy atom. The van der Waals surface area contributed by atoms with Crippen LogP contribution in [0, 0.1) is 19.7 Å². The van der Waals surface area contributed by atoms with E-state index in [1.807, 2.05) is 26.0 Å². The molecular weight excluding hydrogens is 355 g/mol. The average molecular weight is 378 g/mol. The molecule has 26 heavy (non-hydrogen) atoms. The van der Waals surface area contributed by atoms with Crippen molar-refractivity contribution in [2.45, 2.75) is 26.7 Å². The van der Waals surface area contributed by atoms with E-state index < -0.39 is 10.0 Å². The van der Waals surface area contributed by atoms with Crippen molar-refractivity contribution in [3.63, 3.8) is 0 Å². The Balaban J connectivity index is 1.98. The van der Waals surface area contributed by atoms with Crippen molar-refractivity contribution in [1.82, 2.24) is 0 Å². The van der Waals surface area contributed by atoms with Crippen molar-refractivity contribution in [3.8, 4) is 0 Å². The van der Waals surface area contributed by atoms with Crippen LogP contribution < -0.4 is 9.62 Å². The zero-order chi connectivity index (χ0) is 19.3. The van der Waals surface area contributed by atoms with Gasteiger partial charge in [-0.05, 0) is 67.8 Å². The van der Waals surface area contributed by atoms with E-state index in [-0.39, 0.29) is 24.7 Å². The van der Waals surface area contributed by atoms with Crippen LogP contribution in [-0.4, -0.2) is 27.1 Å². The Labute approximate surface area is 153 Å². The van der Waals surface area contributed by atoms with Gasteiger partial charge < -0.3 is 5.32 Å². The summed E-state index contributed by atoms with van der Waals surface area (Å²) in [7, 11) is -3.45. The fraction of sp³-hybridized carbons (Fsp3) is 0.316. The predicted octanol–water partition coefficient (Wildman–Crippen LogP) is 3.63. The van der Waals surface area contributed by atoms with E-state index in [0.717, 1.165) is 17.4 Å². The smallest absolute Gasteiger partial charge is 0.232 e. The second-order valence-electron chi connectivity index (χ2n) is 6.26. The SMILES string of the molecule is Cc1ccc(N(CCCC(=O)Nc2ccc(F)cc2)S(C)(=O)=O)cc1C. The molecule has 2 aromatic carbocycles. The van der Waals surface area contributed by atoms with Gasteiger partial charge in [-0.25, -0.2) is 12.8 Å². The van der Waals surface area contributed by atoms with Crippen molar-refractivity contribution in [3.05, 3.63) is 59.4 Å². The monoisotopic (exact) mass is 378 g/mol. The minimum absolute atomic E-state index is 0.161. The first kappa shape index (κ1) is 19.9. The van der Waals surface area contributed by atoms with Crippen LogP contribution in [0.3, 0.4) is 0 Å². The summed E-state index contributed by atoms with van der Waals surface area (Å²) in [6, 6.07) is 11.0. The summed E-state index contributed by atoms with van der Waals surface area (Å²) in [6.07, 6.45) is 1.68. The number of rotatable bonds is 7. The highest BCUT2D eigenvalue weighted by molar-refractivity contribution is 7.92. The van der Waals surface area contributed by atoms with E-state index in [1.54, 1.807) is 6.07 Å². The minimum atomic E-state index is -3.45. The first-order chi connectivity index (χ1) is 12.2. The summed E-state index contributed by atoms with van der Waals surface area (Å²) in [5.74, 6) is -0.620. The van der Waals surface area contributed by atoms with Gasteiger partial charge in [-0.2, -0.15) is 0 Å². The van der Waals surface area contributed by atoms with Gasteiger partial charge in [0.05, 0.1) is 11.9 Å². The number of hydrogen-bond donors (Lipinski definition) is 1. The molecular formula is C19H23FN2O3S. The quantitative estimate of drug-likeness (QED) is 0.800. The van der Waals surface area contributed by atoms with E-state index in [4.69, 9.17) is 0 Å². The minimum Gasteiger partial charge on any atom is -0.326 e. The van der Waals surface area contributed by atoms with Crippen LogP contribution in [0.1, 0.15) is 24.0 Å². The topological polar surface area (TPSA) is 66.5 Å². The molecule has 0 fully saturated rings. The molecule has 1 N–H and O–H groups in total. The van der Waals surface area contributed by atoms with E-state index >= 15 is 0 Å². The maximum atomic E-state index is 12.9. The third-order valence-corrected chi connectivity index (χ3v) is 5.27. The Morgan fingerprint density at radius 3 is 2.31 bits per heavy atom. The first-order valence-electron chi connectivity index (χ1n) is 8.27. The Kier molecular flexibility index (Phi) is 6.37. The molecule has 5 nitrogen and oxygen atoms in total. The fourth-order valence-electron chi connectivity index (χ4n) is 2.51. The zero-order valence-electron chi connectivity index (χ0n) is 15.1. The number of hydrogen-bond acceptors (Lipinski definition) is 3. The molecule has 0 unspecified atom stereocenters. The van der Waals surface area contributed by atoms with Gasteiger partial charge in [0.15, 0.2) is 0 Å². The predicted molar refractivity (Wildman–Crippen MR) is 102 cm³/mol. The summed E-state index contributed by atoms with van der Waals surface area (Å²) in [6.45, 7) is 4.09. The van der Waals surface area contributed by atoms with E-state index in [2.05, 4.69) is 5.32 Å². The van der Waals surface area contributed by atoms with Crippen molar-refractivity contribution in [1.29, 1.82) is 0 Å². The second kappa shape index (κ2) is 8.31. The standard InChI is InChI=1S/C19H23FN2O3S/c1-14-6-11-18(13-15(14)2)22(26(3,24)25)12-4-5-19(23)21-17-9-7-16(20)8-10-17/h6-11,13H,4-5,12H2,1-3H3,(H,21,23). The van der Waals surface area contributed by atoms with Crippen LogP contribution in [0.5, 0.6) is 0 Å². The van der Waals surface area contributed by atoms with Crippen LogP contribution in [0.4, 0.5) is 15.8 Å². The molecule has 0 aliphatic rings. The molecule has 0 atom stereocenters. The molecule has 2 aromatic rings. The molecule has 0 aromatic heterocycles. The average Bonchev–Trinajstić information content (AvgIpc) is 2.55. The normalized spacial score (nSPS) is 11.2. The molecule has 0 aliphatic carbocycles. The highest BCUT2D eigenvalue weighted by Crippen LogP contribution is 2.22. The number of carbonyl (C=O) groups excluding carboxylic acids is 1. The number of anilines is 2. The lowest BCUT2D eigenvalue weighted by Crippen LogP contribution is -2.31. The Hall–Kier alpha value is -2.41. The summed E-state index contributed by atoms with van der Waals surface area (Å²) >= 11 is 0. The van der Waals surface area contributed by atoms with Crippen molar-refractivity contribution < 1.29 is 17.6 Å². The maximum Gasteiger partial charge on any atom is 0.232 e. The van der Waals surface area contributed by atoms with Crippen molar-refractivity contribution >= 4 is 27.3 Å². The summed E-state index contributed by atoms with van der Waals surface area (Å²) in [4.78, 5) is 12.0. The molecule has 0 spiro atoms. The van der Waals surface area contributed by atoms with Gasteiger partial charge in [-0.1, -0.05) is 6.07 Å². The molecule has 140 valence electrons. The lowest BCUT2D eigenvalue weighted by Gasteiger charge is -2.23. The lowest BCUT2D eigenvalue weighted by molar-refractivity contribution is -0.116. The molecule has 0 radical (unpaired) electrons. The van der Waals surface area contributed by atoms with Gasteiger partial charge in [-0.3, -0.25) is 9.10 Å². The van der Waals surface area contributed by atoms with Gasteiger partial charge in [0.1, 0.15) is 5.82 Å². The van der Waals surface area contributed by atoms with Gasteiger partial charge in [0.2, 0.25) is 15.9 Å². The van der Waals surface area contributed by atoms with E-state index in [9.17, 15) is 17.6 Å². The van der Waals surface area contributed by atoms with Crippen LogP contribution in [-0.2, 0) is 14.8 Å². The van der Waals surface area contributed by atoms with E-state index in [0.29, 0.717) is 17.8 Å². The number of nitrogens with one attached hydrogen (secondary N) is 1. The summed E-state index contributed by atoms with van der Waals surface area (Å²) < 4.78 is 38.4. The first-order valence-corrected chi connectivity index (χ1v) is 10.1. The summed E-state index contributed by atoms with van der Waals surface area (Å²) in [5, 5.41) is 2.66. The molecule has 7 heteroatoms. The molecule has 0 saturated carbocycles. The molecule has 0 saturated heterocycles. The molecule has 0 heterocycles. The van der Waals surface area contributed by atoms with Gasteiger partial charge in [-0.15, -0.1) is 0 Å². The third kappa shape index (κ3) is 5.56. The Morgan fingerprint density at radius 2 is 1.73 bits per heavy atom. The lowest BCUT2D eigenvalue weighted by atomic mass is 10.1. The number of halogens is 1. The second-order valence-corrected chi connectivity index (χ2v) is 8.17. The highest BCUT2D eigenvalue weighted by Gasteiger charge is 2.18. The number of amides is 1. The third-order valence-electron chi connectivity index (χ3n) is 4.07. The van der Waals surface area contributed by atoms with Crippen LogP contribution in [0.25, 0.3) is 0 Å². The molecule has 1 amide bonds. The Bertz CT molecular complexity index is 880. The largest absolute Gasteiger partial charge is 0.326 e. The zero-order valence-corrected chi connectivity index (χ0v) is 15.9. The number of aryl methyl sites for hydroxylation is 2. The summed E-state index contributed by atoms with van der Waals surface area (Å²) in [5.41, 5.74) is 3.19. The van der Waals surface area contributed by atoms with Crippen LogP contribution in [0.15, 0.2) is 42.5 Å². The molecule has 2 rings (SSSR count). The maximum absolute atomic E-state index is 12.9. The molecule has 0 bridgehead atoms. The number of nitrogens with zero attached hydrogens (tertiary/aromatic N) is 1. The van der Waals surface area contributed by atoms with Crippen molar-refractivity contribution in [2.24, 2.45) is 0 Å². The fourth-order valence-corrected chi connectivity index (χ4v) is 3.46. The number of carbonyl (C=O) groups is 1. The van der Waals surface area contributed by atoms with Gasteiger partial charge in [0, 0.05) is 18.7 Å². The highest BCUT2D eigenvalue weighted by atomic mass is 32.2. The number of benzene rings is 2. The van der Waals surface area contributed by atoms with Crippen LogP contribution in [0.2, 0.25) is 0 Å². The van der Waals surface area contributed by atoms with Gasteiger partial charge in [0.25, 0.3) is 0 Å². The molecule has 0 aliphatic heterocycles. The number of sulfonamides is 1.